The third kappa shape index (κ3) is 14.1. The fourth-order valence-corrected chi connectivity index (χ4v) is 3.10. The van der Waals surface area contributed by atoms with E-state index in [4.69, 9.17) is 0 Å². The number of alkyl halides is 6. The van der Waals surface area contributed by atoms with E-state index in [1.165, 1.54) is 39.3 Å². The molecule has 180 valence electrons. The maximum absolute atomic E-state index is 11.4. The van der Waals surface area contributed by atoms with Crippen molar-refractivity contribution in [1.82, 2.24) is 9.80 Å². The molecule has 0 heterocycles. The summed E-state index contributed by atoms with van der Waals surface area (Å²) in [4.78, 5) is 4.75. The molecule has 0 saturated heterocycles. The molecular formula is C14H30F6N2O5S2. The van der Waals surface area contributed by atoms with Gasteiger partial charge >= 0.3 is 31.3 Å². The third-order valence-corrected chi connectivity index (χ3v) is 6.00. The normalized spacial score (nSPS) is 12.9. The molecule has 0 unspecified atom stereocenters. The first kappa shape index (κ1) is 33.0. The Bertz CT molecular complexity index is 548. The fourth-order valence-electron chi connectivity index (χ4n) is 1.54. The molecule has 0 N–H and O–H groups in total. The van der Waals surface area contributed by atoms with Crippen LogP contribution in [-0.4, -0.2) is 76.9 Å². The van der Waals surface area contributed by atoms with Gasteiger partial charge in [0.15, 0.2) is 0 Å². The van der Waals surface area contributed by atoms with Crippen LogP contribution in [-0.2, 0) is 23.9 Å². The molecule has 0 fully saturated rings. The molecule has 0 saturated carbocycles. The van der Waals surface area contributed by atoms with E-state index >= 15 is 0 Å². The van der Waals surface area contributed by atoms with Crippen LogP contribution in [0.3, 0.4) is 0 Å². The first-order chi connectivity index (χ1) is 12.9. The Morgan fingerprint density at radius 2 is 0.724 bits per heavy atom. The second kappa shape index (κ2) is 14.4. The van der Waals surface area contributed by atoms with Gasteiger partial charge in [-0.25, -0.2) is 0 Å². The summed E-state index contributed by atoms with van der Waals surface area (Å²) in [7, 11) is -13.7. The zero-order valence-corrected chi connectivity index (χ0v) is 18.9. The van der Waals surface area contributed by atoms with Gasteiger partial charge < -0.3 is 9.80 Å². The van der Waals surface area contributed by atoms with Crippen LogP contribution in [0.2, 0.25) is 0 Å². The monoisotopic (exact) mass is 484 g/mol. The highest BCUT2D eigenvalue weighted by Gasteiger charge is 2.57. The van der Waals surface area contributed by atoms with Crippen molar-refractivity contribution in [1.29, 1.82) is 0 Å². The summed E-state index contributed by atoms with van der Waals surface area (Å²) in [6.45, 7) is 20.2. The van der Waals surface area contributed by atoms with Gasteiger partial charge in [-0.1, -0.05) is 41.5 Å². The standard InChI is InChI=1S/2C6H15N.C2F6O5S2/c2*1-4-7(5-2)6-3;3-1(4,5)14(9,10)13-15(11,12)2(6,7)8/h2*4-6H2,1-3H3;. The van der Waals surface area contributed by atoms with Crippen molar-refractivity contribution in [3.05, 3.63) is 0 Å². The van der Waals surface area contributed by atoms with E-state index in [0.29, 0.717) is 0 Å². The van der Waals surface area contributed by atoms with Gasteiger partial charge in [0, 0.05) is 0 Å². The Morgan fingerprint density at radius 3 is 0.793 bits per heavy atom. The lowest BCUT2D eigenvalue weighted by Gasteiger charge is -2.13. The van der Waals surface area contributed by atoms with Gasteiger partial charge in [0.05, 0.1) is 0 Å². The smallest absolute Gasteiger partial charge is 0.304 e. The minimum absolute atomic E-state index is 1.19. The number of rotatable bonds is 8. The van der Waals surface area contributed by atoms with Gasteiger partial charge in [-0.3, -0.25) is 0 Å². The minimum atomic E-state index is -6.85. The summed E-state index contributed by atoms with van der Waals surface area (Å²) in [5.74, 6) is 0. The summed E-state index contributed by atoms with van der Waals surface area (Å²) >= 11 is 0. The summed E-state index contributed by atoms with van der Waals surface area (Å²) in [6.07, 6.45) is 0. The van der Waals surface area contributed by atoms with Crippen LogP contribution in [0.5, 0.6) is 0 Å². The highest BCUT2D eigenvalue weighted by Crippen LogP contribution is 2.32. The molecule has 0 aromatic heterocycles. The Balaban J connectivity index is -0.000000402. The second-order valence-electron chi connectivity index (χ2n) is 5.11. The lowest BCUT2D eigenvalue weighted by Crippen LogP contribution is -2.34. The largest absolute Gasteiger partial charge is 0.524 e. The molecule has 0 aromatic carbocycles. The van der Waals surface area contributed by atoms with Gasteiger partial charge in [-0.15, -0.1) is 3.63 Å². The summed E-state index contributed by atoms with van der Waals surface area (Å²) < 4.78 is 110. The predicted octanol–water partition coefficient (Wildman–Crippen LogP) is 3.40. The predicted molar refractivity (Wildman–Crippen MR) is 98.0 cm³/mol. The van der Waals surface area contributed by atoms with Crippen molar-refractivity contribution < 1.29 is 46.8 Å². The molecule has 0 rings (SSSR count). The van der Waals surface area contributed by atoms with Crippen LogP contribution in [0, 0.1) is 0 Å². The van der Waals surface area contributed by atoms with Gasteiger partial charge in [0.25, 0.3) is 0 Å². The lowest BCUT2D eigenvalue weighted by molar-refractivity contribution is -0.0585. The van der Waals surface area contributed by atoms with E-state index in [0.717, 1.165) is 0 Å². The Labute approximate surface area is 169 Å². The van der Waals surface area contributed by atoms with Gasteiger partial charge in [0.2, 0.25) is 0 Å². The quantitative estimate of drug-likeness (QED) is 0.386. The van der Waals surface area contributed by atoms with Crippen LogP contribution >= 0.6 is 0 Å². The molecule has 7 nitrogen and oxygen atoms in total. The Hall–Kier alpha value is -0.640. The fraction of sp³-hybridized carbons (Fsp3) is 1.00. The molecule has 0 atom stereocenters. The van der Waals surface area contributed by atoms with Crippen molar-refractivity contribution in [3.63, 3.8) is 0 Å². The van der Waals surface area contributed by atoms with E-state index in [9.17, 15) is 43.2 Å². The van der Waals surface area contributed by atoms with Crippen molar-refractivity contribution >= 4 is 20.2 Å². The van der Waals surface area contributed by atoms with Crippen LogP contribution in [0.25, 0.3) is 0 Å². The molecule has 0 spiro atoms. The highest BCUT2D eigenvalue weighted by molar-refractivity contribution is 8.00. The summed E-state index contributed by atoms with van der Waals surface area (Å²) in [6, 6.07) is 0. The Morgan fingerprint density at radius 1 is 0.552 bits per heavy atom. The highest BCUT2D eigenvalue weighted by atomic mass is 32.3. The van der Waals surface area contributed by atoms with E-state index in [-0.39, 0.29) is 0 Å². The SMILES string of the molecule is CCN(CC)CC.CCN(CC)CC.O=S(=O)(OS(=O)(=O)C(F)(F)F)C(F)(F)F. The van der Waals surface area contributed by atoms with Crippen molar-refractivity contribution in [2.75, 3.05) is 39.3 Å². The molecule has 0 radical (unpaired) electrons. The maximum Gasteiger partial charge on any atom is 0.524 e. The molecule has 0 amide bonds. The van der Waals surface area contributed by atoms with Gasteiger partial charge in [-0.2, -0.15) is 43.2 Å². The number of halogens is 6. The van der Waals surface area contributed by atoms with Crippen molar-refractivity contribution in [2.24, 2.45) is 0 Å². The number of nitrogens with zero attached hydrogens (tertiary/aromatic N) is 2. The van der Waals surface area contributed by atoms with Crippen molar-refractivity contribution in [2.45, 2.75) is 52.6 Å². The average Bonchev–Trinajstić information content (AvgIpc) is 2.56. The summed E-state index contributed by atoms with van der Waals surface area (Å²) in [5.41, 5.74) is -12.5. The molecular weight excluding hydrogens is 454 g/mol. The minimum Gasteiger partial charge on any atom is -0.304 e. The third-order valence-electron chi connectivity index (χ3n) is 3.43. The molecule has 0 aliphatic carbocycles. The first-order valence-corrected chi connectivity index (χ1v) is 11.5. The second-order valence-corrected chi connectivity index (χ2v) is 8.39. The number of hydrogen-bond acceptors (Lipinski definition) is 7. The van der Waals surface area contributed by atoms with E-state index < -0.39 is 31.3 Å². The Kier molecular flexibility index (Phi) is 16.4. The zero-order chi connectivity index (χ0) is 24.1. The van der Waals surface area contributed by atoms with Gasteiger partial charge in [0.1, 0.15) is 0 Å². The van der Waals surface area contributed by atoms with E-state index in [1.54, 1.807) is 0 Å². The van der Waals surface area contributed by atoms with Gasteiger partial charge in [-0.05, 0) is 39.3 Å². The van der Waals surface area contributed by atoms with Crippen LogP contribution in [0.4, 0.5) is 26.3 Å². The topological polar surface area (TPSA) is 84.0 Å². The molecule has 0 bridgehead atoms. The first-order valence-electron chi connectivity index (χ1n) is 8.68. The number of hydrogen-bond donors (Lipinski definition) is 0. The maximum atomic E-state index is 11.4. The molecule has 0 aliphatic heterocycles. The molecule has 29 heavy (non-hydrogen) atoms. The molecule has 15 heteroatoms. The van der Waals surface area contributed by atoms with Crippen LogP contribution in [0.15, 0.2) is 0 Å². The average molecular weight is 485 g/mol. The lowest BCUT2D eigenvalue weighted by atomic mass is 10.5. The summed E-state index contributed by atoms with van der Waals surface area (Å²) in [5, 5.41) is 0. The molecule has 0 aliphatic rings. The zero-order valence-electron chi connectivity index (χ0n) is 17.3. The molecule has 0 aromatic rings. The van der Waals surface area contributed by atoms with Crippen LogP contribution < -0.4 is 0 Å². The van der Waals surface area contributed by atoms with Crippen LogP contribution in [0.1, 0.15) is 41.5 Å². The van der Waals surface area contributed by atoms with Crippen molar-refractivity contribution in [3.8, 4) is 0 Å². The van der Waals surface area contributed by atoms with E-state index in [1.807, 2.05) is 3.63 Å². The van der Waals surface area contributed by atoms with E-state index in [2.05, 4.69) is 51.3 Å².